The van der Waals surface area contributed by atoms with Crippen LogP contribution >= 0.6 is 0 Å². The minimum Gasteiger partial charge on any atom is -0.507 e. The number of aromatic hydroxyl groups is 2. The number of carbonyl (C=O) groups is 2. The average molecular weight is 847 g/mol. The molecule has 1 aliphatic rings. The third-order valence-corrected chi connectivity index (χ3v) is 12.3. The fourth-order valence-corrected chi connectivity index (χ4v) is 7.36. The first-order chi connectivity index (χ1) is 29.1. The maximum atomic E-state index is 12.5. The zero-order valence-corrected chi connectivity index (χ0v) is 42.2. The molecule has 0 aromatic heterocycles. The Balaban J connectivity index is 0.000000620. The number of allylic oxidation sites excluding steroid dienone is 20. The normalized spacial score (nSPS) is 14.7. The minimum atomic E-state index is 0.0120. The van der Waals surface area contributed by atoms with E-state index in [2.05, 4.69) is 118 Å². The van der Waals surface area contributed by atoms with Gasteiger partial charge in [0, 0.05) is 27.9 Å². The van der Waals surface area contributed by atoms with E-state index in [1.807, 2.05) is 20.8 Å². The van der Waals surface area contributed by atoms with Gasteiger partial charge in [-0.1, -0.05) is 93.2 Å². The van der Waals surface area contributed by atoms with Crippen LogP contribution in [0.4, 0.5) is 0 Å². The van der Waals surface area contributed by atoms with Crippen LogP contribution in [-0.4, -0.2) is 21.8 Å². The molecule has 0 saturated carbocycles. The molecule has 1 aliphatic carbocycles. The quantitative estimate of drug-likeness (QED) is 0.0692. The van der Waals surface area contributed by atoms with Gasteiger partial charge in [-0.2, -0.15) is 0 Å². The first-order valence-corrected chi connectivity index (χ1v) is 23.3. The number of carbonyl (C=O) groups excluding carboxylic acids is 2. The van der Waals surface area contributed by atoms with E-state index in [-0.39, 0.29) is 11.6 Å². The molecule has 1 aromatic rings. The molecule has 0 saturated heterocycles. The lowest BCUT2D eigenvalue weighted by atomic mass is 9.84. The van der Waals surface area contributed by atoms with E-state index in [0.29, 0.717) is 46.6 Å². The molecule has 2 N–H and O–H groups in total. The Morgan fingerprint density at radius 2 is 0.677 bits per heavy atom. The van der Waals surface area contributed by atoms with Crippen molar-refractivity contribution in [3.05, 3.63) is 138 Å². The number of hydrogen-bond acceptors (Lipinski definition) is 4. The molecule has 4 nitrogen and oxygen atoms in total. The van der Waals surface area contributed by atoms with Gasteiger partial charge in [0.25, 0.3) is 0 Å². The topological polar surface area (TPSA) is 74.6 Å². The Morgan fingerprint density at radius 3 is 1.05 bits per heavy atom. The van der Waals surface area contributed by atoms with Gasteiger partial charge in [-0.3, -0.25) is 9.59 Å². The highest BCUT2D eigenvalue weighted by molar-refractivity contribution is 6.24. The van der Waals surface area contributed by atoms with Crippen LogP contribution in [0.1, 0.15) is 196 Å². The van der Waals surface area contributed by atoms with E-state index < -0.39 is 0 Å². The van der Waals surface area contributed by atoms with Crippen molar-refractivity contribution in [2.75, 3.05) is 0 Å². The third-order valence-electron chi connectivity index (χ3n) is 12.3. The number of rotatable bonds is 22. The molecule has 62 heavy (non-hydrogen) atoms. The van der Waals surface area contributed by atoms with Gasteiger partial charge in [-0.05, 0) is 217 Å². The van der Waals surface area contributed by atoms with Gasteiger partial charge in [0.15, 0.2) is 11.6 Å². The van der Waals surface area contributed by atoms with Gasteiger partial charge in [0.05, 0.1) is 0 Å². The smallest absolute Gasteiger partial charge is 0.185 e. The lowest BCUT2D eigenvalue weighted by Gasteiger charge is -2.17. The Morgan fingerprint density at radius 1 is 0.371 bits per heavy atom. The highest BCUT2D eigenvalue weighted by atomic mass is 16.3. The molecule has 0 fully saturated rings. The fourth-order valence-electron chi connectivity index (χ4n) is 7.36. The van der Waals surface area contributed by atoms with Crippen LogP contribution in [0, 0.1) is 20.8 Å². The standard InChI is InChI=1S/C29H44O2.C29H42O2/c2*1-20(2)12-9-13-21(3)14-10-15-22(4)16-11-17-23(5)18-19-27-26(8)28(30)24(6)25(7)29(27)31/h12,14,16,18,30-31H,9-11,13,15,17,19H2,1-8H3;12,14,16,18H,9-11,13,15,17,19H2,1-8H3. The molecule has 0 radical (unpaired) electrons. The number of phenolic OH excluding ortho intramolecular Hbond substituents is 2. The van der Waals surface area contributed by atoms with Gasteiger partial charge in [-0.15, -0.1) is 0 Å². The first kappa shape index (κ1) is 55.6. The second-order valence-corrected chi connectivity index (χ2v) is 18.6. The summed E-state index contributed by atoms with van der Waals surface area (Å²) in [7, 11) is 0. The molecule has 0 spiro atoms. The fraction of sp³-hybridized carbons (Fsp3) is 0.517. The summed E-state index contributed by atoms with van der Waals surface area (Å²) in [5.41, 5.74) is 16.8. The molecule has 0 bridgehead atoms. The summed E-state index contributed by atoms with van der Waals surface area (Å²) in [5.74, 6) is 0.657. The van der Waals surface area contributed by atoms with Crippen LogP contribution in [0.15, 0.2) is 115 Å². The molecule has 0 unspecified atom stereocenters. The predicted octanol–water partition coefficient (Wildman–Crippen LogP) is 17.0. The highest BCUT2D eigenvalue weighted by Gasteiger charge is 2.26. The Labute approximate surface area is 379 Å². The van der Waals surface area contributed by atoms with Crippen LogP contribution in [0.3, 0.4) is 0 Å². The van der Waals surface area contributed by atoms with Gasteiger partial charge in [0.2, 0.25) is 0 Å². The van der Waals surface area contributed by atoms with Crippen LogP contribution in [0.2, 0.25) is 0 Å². The molecule has 0 atom stereocenters. The molecule has 0 aliphatic heterocycles. The van der Waals surface area contributed by atoms with Crippen molar-refractivity contribution in [2.24, 2.45) is 0 Å². The number of ketones is 2. The summed E-state index contributed by atoms with van der Waals surface area (Å²) in [4.78, 5) is 24.8. The zero-order valence-electron chi connectivity index (χ0n) is 42.2. The number of benzene rings is 1. The van der Waals surface area contributed by atoms with E-state index in [1.54, 1.807) is 20.8 Å². The summed E-state index contributed by atoms with van der Waals surface area (Å²) < 4.78 is 0. The van der Waals surface area contributed by atoms with Crippen LogP contribution in [0.5, 0.6) is 11.5 Å². The largest absolute Gasteiger partial charge is 0.507 e. The van der Waals surface area contributed by atoms with Crippen molar-refractivity contribution in [1.82, 2.24) is 0 Å². The Hall–Kier alpha value is -4.44. The van der Waals surface area contributed by atoms with E-state index in [9.17, 15) is 19.8 Å². The summed E-state index contributed by atoms with van der Waals surface area (Å²) >= 11 is 0. The third kappa shape index (κ3) is 20.6. The molecule has 4 heteroatoms. The summed E-state index contributed by atoms with van der Waals surface area (Å²) in [6, 6.07) is 0. The molecule has 2 rings (SSSR count). The minimum absolute atomic E-state index is 0.0120. The molecule has 0 heterocycles. The molecular weight excluding hydrogens is 761 g/mol. The Bertz CT molecular complexity index is 1980. The van der Waals surface area contributed by atoms with Crippen molar-refractivity contribution >= 4 is 11.6 Å². The molecule has 1 aromatic carbocycles. The first-order valence-electron chi connectivity index (χ1n) is 23.3. The summed E-state index contributed by atoms with van der Waals surface area (Å²) in [6.07, 6.45) is 32.6. The van der Waals surface area contributed by atoms with Crippen molar-refractivity contribution in [3.63, 3.8) is 0 Å². The zero-order chi connectivity index (χ0) is 47.1. The molecule has 0 amide bonds. The SMILES string of the molecule is CC(C)=CCCC(C)=CCCC(C)=CCCC(C)=CCC1=C(C)C(=O)C(C)=C(C)C1=O.CC(C)=CCCC(C)=CCCC(C)=CCCC(C)=CCc1c(C)c(O)c(C)c(C)c1O. The molecule has 342 valence electrons. The predicted molar refractivity (Wildman–Crippen MR) is 270 cm³/mol. The number of hydrogen-bond donors (Lipinski definition) is 2. The maximum absolute atomic E-state index is 12.5. The van der Waals surface area contributed by atoms with Crippen LogP contribution < -0.4 is 0 Å². The summed E-state index contributed by atoms with van der Waals surface area (Å²) in [6.45, 7) is 32.6. The van der Waals surface area contributed by atoms with Gasteiger partial charge >= 0.3 is 0 Å². The van der Waals surface area contributed by atoms with Crippen molar-refractivity contribution < 1.29 is 19.8 Å². The monoisotopic (exact) mass is 847 g/mol. The van der Waals surface area contributed by atoms with E-state index in [1.165, 1.54) is 44.6 Å². The van der Waals surface area contributed by atoms with Crippen LogP contribution in [0.25, 0.3) is 0 Å². The van der Waals surface area contributed by atoms with Crippen LogP contribution in [-0.2, 0) is 16.0 Å². The van der Waals surface area contributed by atoms with E-state index in [0.717, 1.165) is 99.3 Å². The van der Waals surface area contributed by atoms with Crippen molar-refractivity contribution in [2.45, 2.75) is 201 Å². The highest BCUT2D eigenvalue weighted by Crippen LogP contribution is 2.37. The van der Waals surface area contributed by atoms with Crippen molar-refractivity contribution in [1.29, 1.82) is 0 Å². The van der Waals surface area contributed by atoms with E-state index >= 15 is 0 Å². The number of Topliss-reactive ketones (excluding diaryl/α,β-unsaturated/α-hetero) is 2. The van der Waals surface area contributed by atoms with Gasteiger partial charge < -0.3 is 10.2 Å². The average Bonchev–Trinajstić information content (AvgIpc) is 3.20. The van der Waals surface area contributed by atoms with Gasteiger partial charge in [0.1, 0.15) is 11.5 Å². The lowest BCUT2D eigenvalue weighted by Crippen LogP contribution is -2.20. The van der Waals surface area contributed by atoms with E-state index in [4.69, 9.17) is 0 Å². The maximum Gasteiger partial charge on any atom is 0.185 e. The number of phenols is 2. The lowest BCUT2D eigenvalue weighted by molar-refractivity contribution is -0.116. The second-order valence-electron chi connectivity index (χ2n) is 18.6. The van der Waals surface area contributed by atoms with Gasteiger partial charge in [-0.25, -0.2) is 0 Å². The van der Waals surface area contributed by atoms with Crippen molar-refractivity contribution in [3.8, 4) is 11.5 Å². The Kier molecular flexibility index (Phi) is 26.0. The summed E-state index contributed by atoms with van der Waals surface area (Å²) in [5, 5.41) is 20.8. The second kappa shape index (κ2) is 29.0. The molecular formula is C58H86O4.